The number of thiophene rings is 1. The second-order valence-corrected chi connectivity index (χ2v) is 13.3. The van der Waals surface area contributed by atoms with Gasteiger partial charge in [-0.3, -0.25) is 0 Å². The zero-order valence-electron chi connectivity index (χ0n) is 25.2. The van der Waals surface area contributed by atoms with Crippen molar-refractivity contribution in [2.75, 3.05) is 0 Å². The van der Waals surface area contributed by atoms with Crippen LogP contribution in [-0.2, 0) is 0 Å². The van der Waals surface area contributed by atoms with Gasteiger partial charge in [-0.15, -0.1) is 11.3 Å². The van der Waals surface area contributed by atoms with Crippen LogP contribution >= 0.6 is 11.3 Å². The standard InChI is InChI=1S/C43H28N2S/c1-27-15-23-39-36(25-27)32-11-5-7-13-38(32)44(39)31-19-16-28(17-20-31)29-18-24-40-37(26-29)34-21-22-35-33-12-6-8-14-41(33)46-43(35)42(34)45(40)30-9-3-2-4-10-30/h2-26H,1H3. The summed E-state index contributed by atoms with van der Waals surface area (Å²) in [6.45, 7) is 2.17. The Balaban J connectivity index is 1.17. The van der Waals surface area contributed by atoms with E-state index in [1.807, 2.05) is 11.3 Å². The summed E-state index contributed by atoms with van der Waals surface area (Å²) in [6, 6.07) is 55.7. The topological polar surface area (TPSA) is 9.86 Å². The third-order valence-electron chi connectivity index (χ3n) is 9.57. The monoisotopic (exact) mass is 604 g/mol. The molecule has 0 spiro atoms. The summed E-state index contributed by atoms with van der Waals surface area (Å²) < 4.78 is 7.51. The molecular formula is C43H28N2S. The lowest BCUT2D eigenvalue weighted by Crippen LogP contribution is -1.94. The number of benzene rings is 7. The van der Waals surface area contributed by atoms with Crippen molar-refractivity contribution in [3.63, 3.8) is 0 Å². The molecule has 0 bridgehead atoms. The third-order valence-corrected chi connectivity index (χ3v) is 10.8. The van der Waals surface area contributed by atoms with Crippen molar-refractivity contribution < 1.29 is 0 Å². The zero-order valence-corrected chi connectivity index (χ0v) is 26.1. The van der Waals surface area contributed by atoms with Crippen LogP contribution in [0.5, 0.6) is 0 Å². The largest absolute Gasteiger partial charge is 0.309 e. The predicted molar refractivity (Wildman–Crippen MR) is 198 cm³/mol. The molecule has 2 nitrogen and oxygen atoms in total. The average molecular weight is 605 g/mol. The first-order valence-corrected chi connectivity index (χ1v) is 16.6. The van der Waals surface area contributed by atoms with Gasteiger partial charge in [0.1, 0.15) is 0 Å². The summed E-state index contributed by atoms with van der Waals surface area (Å²) in [5, 5.41) is 7.80. The molecule has 10 rings (SSSR count). The van der Waals surface area contributed by atoms with E-state index < -0.39 is 0 Å². The summed E-state index contributed by atoms with van der Waals surface area (Å²) in [5.74, 6) is 0. The smallest absolute Gasteiger partial charge is 0.0719 e. The maximum absolute atomic E-state index is 2.46. The Morgan fingerprint density at radius 2 is 1.04 bits per heavy atom. The Morgan fingerprint density at radius 1 is 0.413 bits per heavy atom. The van der Waals surface area contributed by atoms with Crippen LogP contribution in [0.4, 0.5) is 0 Å². The molecule has 3 aromatic heterocycles. The second-order valence-electron chi connectivity index (χ2n) is 12.3. The Hall–Kier alpha value is -5.64. The van der Waals surface area contributed by atoms with Crippen molar-refractivity contribution in [1.82, 2.24) is 9.13 Å². The fourth-order valence-corrected chi connectivity index (χ4v) is 8.71. The molecule has 46 heavy (non-hydrogen) atoms. The number of nitrogens with zero attached hydrogens (tertiary/aromatic N) is 2. The first-order chi connectivity index (χ1) is 22.7. The molecule has 0 aliphatic heterocycles. The number of rotatable bonds is 3. The van der Waals surface area contributed by atoms with Gasteiger partial charge >= 0.3 is 0 Å². The van der Waals surface area contributed by atoms with Gasteiger partial charge in [-0.05, 0) is 78.7 Å². The fraction of sp³-hybridized carbons (Fsp3) is 0.0233. The highest BCUT2D eigenvalue weighted by Gasteiger charge is 2.19. The van der Waals surface area contributed by atoms with Crippen LogP contribution in [0.3, 0.4) is 0 Å². The predicted octanol–water partition coefficient (Wildman–Crippen LogP) is 12.2. The number of fused-ring (bicyclic) bond motifs is 10. The summed E-state index contributed by atoms with van der Waals surface area (Å²) in [5.41, 5.74) is 11.1. The van der Waals surface area contributed by atoms with E-state index in [9.17, 15) is 0 Å². The van der Waals surface area contributed by atoms with E-state index in [0.29, 0.717) is 0 Å². The molecule has 0 fully saturated rings. The van der Waals surface area contributed by atoms with E-state index in [4.69, 9.17) is 0 Å². The SMILES string of the molecule is Cc1ccc2c(c1)c1ccccc1n2-c1ccc(-c2ccc3c(c2)c2ccc4c5ccccc5sc4c2n3-c2ccccc2)cc1. The Bertz CT molecular complexity index is 2790. The fourth-order valence-electron chi connectivity index (χ4n) is 7.47. The van der Waals surface area contributed by atoms with Gasteiger partial charge in [0.15, 0.2) is 0 Å². The normalized spacial score (nSPS) is 12.0. The van der Waals surface area contributed by atoms with Gasteiger partial charge in [0.2, 0.25) is 0 Å². The maximum Gasteiger partial charge on any atom is 0.0719 e. The molecule has 0 aliphatic carbocycles. The van der Waals surface area contributed by atoms with Crippen molar-refractivity contribution in [3.05, 3.63) is 157 Å². The Morgan fingerprint density at radius 3 is 1.91 bits per heavy atom. The first kappa shape index (κ1) is 25.7. The molecule has 0 unspecified atom stereocenters. The molecule has 0 saturated carbocycles. The minimum atomic E-state index is 1.17. The molecule has 0 atom stereocenters. The van der Waals surface area contributed by atoms with Crippen molar-refractivity contribution in [2.24, 2.45) is 0 Å². The van der Waals surface area contributed by atoms with E-state index >= 15 is 0 Å². The molecule has 10 aromatic rings. The number of para-hydroxylation sites is 2. The number of aryl methyl sites for hydroxylation is 1. The minimum Gasteiger partial charge on any atom is -0.309 e. The van der Waals surface area contributed by atoms with Crippen molar-refractivity contribution in [2.45, 2.75) is 6.92 Å². The first-order valence-electron chi connectivity index (χ1n) is 15.8. The molecule has 0 radical (unpaired) electrons. The molecular weight excluding hydrogens is 577 g/mol. The molecule has 0 aliphatic rings. The summed E-state index contributed by atoms with van der Waals surface area (Å²) in [7, 11) is 0. The quantitative estimate of drug-likeness (QED) is 0.190. The van der Waals surface area contributed by atoms with Crippen LogP contribution in [0.1, 0.15) is 5.56 Å². The van der Waals surface area contributed by atoms with Gasteiger partial charge in [-0.25, -0.2) is 0 Å². The lowest BCUT2D eigenvalue weighted by atomic mass is 10.0. The highest BCUT2D eigenvalue weighted by atomic mass is 32.1. The summed E-state index contributed by atoms with van der Waals surface area (Å²) >= 11 is 1.90. The van der Waals surface area contributed by atoms with Crippen molar-refractivity contribution in [3.8, 4) is 22.5 Å². The van der Waals surface area contributed by atoms with Crippen LogP contribution < -0.4 is 0 Å². The highest BCUT2D eigenvalue weighted by Crippen LogP contribution is 2.44. The minimum absolute atomic E-state index is 1.17. The lowest BCUT2D eigenvalue weighted by Gasteiger charge is -2.10. The van der Waals surface area contributed by atoms with Gasteiger partial charge in [-0.1, -0.05) is 96.6 Å². The number of aromatic nitrogens is 2. The van der Waals surface area contributed by atoms with Crippen molar-refractivity contribution >= 4 is 75.1 Å². The Labute approximate surface area is 270 Å². The molecule has 0 amide bonds. The number of hydrogen-bond acceptors (Lipinski definition) is 1. The van der Waals surface area contributed by atoms with Gasteiger partial charge in [0, 0.05) is 48.4 Å². The maximum atomic E-state index is 2.46. The molecule has 3 heteroatoms. The van der Waals surface area contributed by atoms with Crippen LogP contribution in [0.25, 0.3) is 86.3 Å². The van der Waals surface area contributed by atoms with E-state index in [1.54, 1.807) is 0 Å². The van der Waals surface area contributed by atoms with Crippen LogP contribution in [0, 0.1) is 6.92 Å². The second kappa shape index (κ2) is 9.68. The zero-order chi connectivity index (χ0) is 30.4. The van der Waals surface area contributed by atoms with E-state index in [1.165, 1.54) is 91.8 Å². The van der Waals surface area contributed by atoms with Gasteiger partial charge < -0.3 is 9.13 Å². The average Bonchev–Trinajstić information content (AvgIpc) is 3.76. The number of hydrogen-bond donors (Lipinski definition) is 0. The van der Waals surface area contributed by atoms with Gasteiger partial charge in [0.25, 0.3) is 0 Å². The van der Waals surface area contributed by atoms with Crippen LogP contribution in [0.2, 0.25) is 0 Å². The molecule has 0 saturated heterocycles. The van der Waals surface area contributed by atoms with E-state index in [-0.39, 0.29) is 0 Å². The van der Waals surface area contributed by atoms with Gasteiger partial charge in [-0.2, -0.15) is 0 Å². The molecule has 7 aromatic carbocycles. The van der Waals surface area contributed by atoms with Crippen LogP contribution in [-0.4, -0.2) is 9.13 Å². The van der Waals surface area contributed by atoms with E-state index in [0.717, 1.165) is 0 Å². The van der Waals surface area contributed by atoms with Crippen LogP contribution in [0.15, 0.2) is 152 Å². The third kappa shape index (κ3) is 3.64. The summed E-state index contributed by atoms with van der Waals surface area (Å²) in [6.07, 6.45) is 0. The Kier molecular flexibility index (Phi) is 5.40. The van der Waals surface area contributed by atoms with E-state index in [2.05, 4.69) is 168 Å². The highest BCUT2D eigenvalue weighted by molar-refractivity contribution is 7.26. The lowest BCUT2D eigenvalue weighted by molar-refractivity contribution is 1.18. The molecule has 3 heterocycles. The molecule has 0 N–H and O–H groups in total. The van der Waals surface area contributed by atoms with Crippen molar-refractivity contribution in [1.29, 1.82) is 0 Å². The summed E-state index contributed by atoms with van der Waals surface area (Å²) in [4.78, 5) is 0. The van der Waals surface area contributed by atoms with Gasteiger partial charge in [0.05, 0.1) is 26.8 Å². The molecule has 216 valence electrons.